The molecule has 0 aliphatic heterocycles. The number of anilines is 1. The number of aryl methyl sites for hydroxylation is 2. The van der Waals surface area contributed by atoms with E-state index in [2.05, 4.69) is 10.3 Å². The molecule has 0 spiro atoms. The molecular formula is C14H16N2O3S. The molecule has 1 aromatic heterocycles. The van der Waals surface area contributed by atoms with Gasteiger partial charge in [0.2, 0.25) is 5.91 Å². The van der Waals surface area contributed by atoms with Crippen LogP contribution in [-0.4, -0.2) is 22.0 Å². The van der Waals surface area contributed by atoms with Crippen LogP contribution >= 0.6 is 11.3 Å². The van der Waals surface area contributed by atoms with Crippen LogP contribution in [0.3, 0.4) is 0 Å². The molecule has 1 aromatic rings. The first-order valence-electron chi connectivity index (χ1n) is 6.63. The van der Waals surface area contributed by atoms with Gasteiger partial charge in [0.1, 0.15) is 0 Å². The number of allylic oxidation sites excluding steroid dienone is 2. The molecule has 6 heteroatoms. The Balaban J connectivity index is 1.79. The van der Waals surface area contributed by atoms with Gasteiger partial charge in [-0.15, -0.1) is 11.3 Å². The van der Waals surface area contributed by atoms with Crippen molar-refractivity contribution in [2.75, 3.05) is 5.32 Å². The number of carbonyl (C=O) groups excluding carboxylic acids is 1. The minimum absolute atomic E-state index is 0.00647. The van der Waals surface area contributed by atoms with Crippen molar-refractivity contribution >= 4 is 28.3 Å². The molecule has 2 aliphatic rings. The summed E-state index contributed by atoms with van der Waals surface area (Å²) in [6.07, 6.45) is 4.68. The second-order valence-corrected chi connectivity index (χ2v) is 6.69. The van der Waals surface area contributed by atoms with Crippen molar-refractivity contribution in [2.45, 2.75) is 20.3 Å². The Kier molecular flexibility index (Phi) is 3.12. The van der Waals surface area contributed by atoms with Crippen molar-refractivity contribution in [1.82, 2.24) is 4.98 Å². The first kappa shape index (κ1) is 13.3. The molecule has 0 aromatic carbocycles. The minimum atomic E-state index is -0.881. The summed E-state index contributed by atoms with van der Waals surface area (Å²) < 4.78 is 0. The molecule has 0 saturated heterocycles. The number of carbonyl (C=O) groups is 2. The lowest BCUT2D eigenvalue weighted by atomic mass is 9.82. The Bertz CT molecular complexity index is 588. The highest BCUT2D eigenvalue weighted by atomic mass is 32.1. The Hall–Kier alpha value is -1.69. The van der Waals surface area contributed by atoms with Gasteiger partial charge >= 0.3 is 5.97 Å². The number of nitrogens with zero attached hydrogens (tertiary/aromatic N) is 1. The highest BCUT2D eigenvalue weighted by Crippen LogP contribution is 2.48. The van der Waals surface area contributed by atoms with Crippen molar-refractivity contribution in [3.05, 3.63) is 22.7 Å². The van der Waals surface area contributed by atoms with Crippen LogP contribution in [0.5, 0.6) is 0 Å². The van der Waals surface area contributed by atoms with Crippen LogP contribution in [0.4, 0.5) is 5.13 Å². The maximum Gasteiger partial charge on any atom is 0.307 e. The summed E-state index contributed by atoms with van der Waals surface area (Å²) in [7, 11) is 0. The first-order valence-corrected chi connectivity index (χ1v) is 7.45. The summed E-state index contributed by atoms with van der Waals surface area (Å²) >= 11 is 1.42. The van der Waals surface area contributed by atoms with E-state index in [0.717, 1.165) is 17.0 Å². The van der Waals surface area contributed by atoms with Gasteiger partial charge in [0.25, 0.3) is 0 Å². The summed E-state index contributed by atoms with van der Waals surface area (Å²) in [5.74, 6) is -2.15. The van der Waals surface area contributed by atoms with E-state index < -0.39 is 17.8 Å². The van der Waals surface area contributed by atoms with Gasteiger partial charge in [-0.05, 0) is 32.1 Å². The summed E-state index contributed by atoms with van der Waals surface area (Å²) in [4.78, 5) is 29.1. The molecule has 20 heavy (non-hydrogen) atoms. The van der Waals surface area contributed by atoms with Crippen LogP contribution in [0.25, 0.3) is 0 Å². The van der Waals surface area contributed by atoms with Crippen LogP contribution in [0.2, 0.25) is 0 Å². The molecule has 1 fully saturated rings. The Morgan fingerprint density at radius 1 is 1.30 bits per heavy atom. The smallest absolute Gasteiger partial charge is 0.307 e. The fraction of sp³-hybridized carbons (Fsp3) is 0.500. The maximum atomic E-state index is 12.4. The van der Waals surface area contributed by atoms with Crippen molar-refractivity contribution in [2.24, 2.45) is 23.7 Å². The zero-order valence-electron chi connectivity index (χ0n) is 11.3. The lowest BCUT2D eigenvalue weighted by Crippen LogP contribution is -2.36. The van der Waals surface area contributed by atoms with E-state index in [9.17, 15) is 14.7 Å². The van der Waals surface area contributed by atoms with Crippen LogP contribution in [0.15, 0.2) is 12.2 Å². The lowest BCUT2D eigenvalue weighted by molar-refractivity contribution is -0.146. The van der Waals surface area contributed by atoms with Crippen LogP contribution < -0.4 is 5.32 Å². The van der Waals surface area contributed by atoms with Crippen molar-refractivity contribution in [1.29, 1.82) is 0 Å². The summed E-state index contributed by atoms with van der Waals surface area (Å²) in [6.45, 7) is 3.84. The van der Waals surface area contributed by atoms with E-state index in [1.807, 2.05) is 26.0 Å². The molecule has 5 nitrogen and oxygen atoms in total. The molecule has 3 rings (SSSR count). The summed E-state index contributed by atoms with van der Waals surface area (Å²) in [5.41, 5.74) is 0.896. The second kappa shape index (κ2) is 4.70. The van der Waals surface area contributed by atoms with E-state index in [-0.39, 0.29) is 17.7 Å². The van der Waals surface area contributed by atoms with Crippen molar-refractivity contribution in [3.8, 4) is 0 Å². The third kappa shape index (κ3) is 2.04. The number of hydrogen-bond acceptors (Lipinski definition) is 4. The van der Waals surface area contributed by atoms with E-state index >= 15 is 0 Å². The van der Waals surface area contributed by atoms with E-state index in [4.69, 9.17) is 0 Å². The maximum absolute atomic E-state index is 12.4. The van der Waals surface area contributed by atoms with Crippen LogP contribution in [0, 0.1) is 37.5 Å². The highest BCUT2D eigenvalue weighted by molar-refractivity contribution is 7.15. The first-order chi connectivity index (χ1) is 9.47. The van der Waals surface area contributed by atoms with Crippen molar-refractivity contribution < 1.29 is 14.7 Å². The standard InChI is InChI=1S/C14H16N2O3S/c1-6-7(2)20-14(15-6)16-12(17)10-8-3-4-9(5-8)11(10)13(18)19/h3-4,8-11H,5H2,1-2H3,(H,18,19)(H,15,16,17)/t8-,9+,10+,11+/m0/s1. The van der Waals surface area contributed by atoms with Gasteiger partial charge in [-0.1, -0.05) is 12.2 Å². The number of thiazole rings is 1. The number of hydrogen-bond donors (Lipinski definition) is 2. The van der Waals surface area contributed by atoms with Crippen LogP contribution in [-0.2, 0) is 9.59 Å². The largest absolute Gasteiger partial charge is 0.481 e. The second-order valence-electron chi connectivity index (χ2n) is 5.49. The SMILES string of the molecule is Cc1nc(NC(=O)[C@H]2[C@H](C(=O)O)[C@@H]3C=C[C@H]2C3)sc1C. The number of rotatable bonds is 3. The van der Waals surface area contributed by atoms with Gasteiger partial charge in [0, 0.05) is 4.88 Å². The third-order valence-electron chi connectivity index (χ3n) is 4.31. The molecule has 1 amide bonds. The lowest BCUT2D eigenvalue weighted by Gasteiger charge is -2.23. The molecule has 2 aliphatic carbocycles. The van der Waals surface area contributed by atoms with Gasteiger partial charge < -0.3 is 10.4 Å². The molecule has 4 atom stereocenters. The molecule has 2 bridgehead atoms. The van der Waals surface area contributed by atoms with E-state index in [1.54, 1.807) is 0 Å². The predicted molar refractivity (Wildman–Crippen MR) is 75.6 cm³/mol. The molecule has 106 valence electrons. The number of carboxylic acids is 1. The number of aliphatic carboxylic acids is 1. The Labute approximate surface area is 120 Å². The average Bonchev–Trinajstić information content (AvgIpc) is 3.04. The zero-order chi connectivity index (χ0) is 14.4. The number of amides is 1. The van der Waals surface area contributed by atoms with Gasteiger partial charge in [0.05, 0.1) is 17.5 Å². The number of carboxylic acid groups (broad SMARTS) is 1. The molecule has 1 heterocycles. The molecule has 0 radical (unpaired) electrons. The predicted octanol–water partition coefficient (Wildman–Crippen LogP) is 2.22. The van der Waals surface area contributed by atoms with Gasteiger partial charge in [-0.2, -0.15) is 0 Å². The van der Waals surface area contributed by atoms with Crippen molar-refractivity contribution in [3.63, 3.8) is 0 Å². The number of nitrogens with one attached hydrogen (secondary N) is 1. The fourth-order valence-electron chi connectivity index (χ4n) is 3.23. The van der Waals surface area contributed by atoms with Gasteiger partial charge in [0.15, 0.2) is 5.13 Å². The van der Waals surface area contributed by atoms with E-state index in [0.29, 0.717) is 5.13 Å². The zero-order valence-corrected chi connectivity index (χ0v) is 12.1. The minimum Gasteiger partial charge on any atom is -0.481 e. The topological polar surface area (TPSA) is 79.3 Å². The molecular weight excluding hydrogens is 276 g/mol. The Morgan fingerprint density at radius 3 is 2.50 bits per heavy atom. The molecule has 2 N–H and O–H groups in total. The fourth-order valence-corrected chi connectivity index (χ4v) is 4.05. The van der Waals surface area contributed by atoms with Gasteiger partial charge in [-0.25, -0.2) is 4.98 Å². The molecule has 1 saturated carbocycles. The summed E-state index contributed by atoms with van der Waals surface area (Å²) in [5, 5.41) is 12.7. The summed E-state index contributed by atoms with van der Waals surface area (Å²) in [6, 6.07) is 0. The van der Waals surface area contributed by atoms with E-state index in [1.165, 1.54) is 11.3 Å². The normalized spacial score (nSPS) is 30.7. The Morgan fingerprint density at radius 2 is 1.95 bits per heavy atom. The third-order valence-corrected chi connectivity index (χ3v) is 5.29. The number of aromatic nitrogens is 1. The quantitative estimate of drug-likeness (QED) is 0.837. The molecule has 0 unspecified atom stereocenters. The monoisotopic (exact) mass is 292 g/mol. The average molecular weight is 292 g/mol. The number of fused-ring (bicyclic) bond motifs is 2. The van der Waals surface area contributed by atoms with Crippen LogP contribution in [0.1, 0.15) is 17.0 Å². The van der Waals surface area contributed by atoms with Gasteiger partial charge in [-0.3, -0.25) is 9.59 Å². The highest BCUT2D eigenvalue weighted by Gasteiger charge is 2.51.